The Hall–Kier alpha value is -1.79. The number of hydrogen-bond acceptors (Lipinski definition) is 4. The van der Waals surface area contributed by atoms with E-state index in [4.69, 9.17) is 4.42 Å². The van der Waals surface area contributed by atoms with Crippen LogP contribution in [0, 0.1) is 0 Å². The molecule has 3 aromatic rings. The van der Waals surface area contributed by atoms with E-state index in [1.54, 1.807) is 11.8 Å². The first-order chi connectivity index (χ1) is 9.78. The number of hydrogen-bond donors (Lipinski definition) is 2. The summed E-state index contributed by atoms with van der Waals surface area (Å²) in [6, 6.07) is 8.21. The van der Waals surface area contributed by atoms with Crippen molar-refractivity contribution in [1.82, 2.24) is 15.2 Å². The molecule has 104 valence electrons. The molecule has 0 bridgehead atoms. The van der Waals surface area contributed by atoms with Crippen molar-refractivity contribution in [2.45, 2.75) is 24.6 Å². The van der Waals surface area contributed by atoms with Crippen molar-refractivity contribution in [3.8, 4) is 0 Å². The van der Waals surface area contributed by atoms with Crippen molar-refractivity contribution in [2.24, 2.45) is 0 Å². The second-order valence-corrected chi connectivity index (χ2v) is 5.82. The van der Waals surface area contributed by atoms with Gasteiger partial charge >= 0.3 is 0 Å². The van der Waals surface area contributed by atoms with Crippen molar-refractivity contribution in [2.75, 3.05) is 5.75 Å². The molecule has 1 unspecified atom stereocenters. The van der Waals surface area contributed by atoms with Crippen molar-refractivity contribution >= 4 is 22.7 Å². The fourth-order valence-electron chi connectivity index (χ4n) is 2.22. The summed E-state index contributed by atoms with van der Waals surface area (Å²) < 4.78 is 5.61. The van der Waals surface area contributed by atoms with Gasteiger partial charge in [-0.1, -0.05) is 36.9 Å². The van der Waals surface area contributed by atoms with Crippen LogP contribution in [0.1, 0.15) is 24.4 Å². The number of quaternary nitrogens is 1. The highest BCUT2D eigenvalue weighted by Gasteiger charge is 2.20. The van der Waals surface area contributed by atoms with E-state index in [2.05, 4.69) is 40.0 Å². The number of aromatic nitrogens is 3. The lowest BCUT2D eigenvalue weighted by atomic mass is 10.1. The van der Waals surface area contributed by atoms with E-state index in [9.17, 15) is 0 Å². The van der Waals surface area contributed by atoms with Crippen molar-refractivity contribution in [3.05, 3.63) is 41.9 Å². The third-order valence-corrected chi connectivity index (χ3v) is 3.88. The predicted octanol–water partition coefficient (Wildman–Crippen LogP) is 2.19. The fraction of sp³-hybridized carbons (Fsp3) is 0.286. The lowest BCUT2D eigenvalue weighted by molar-refractivity contribution is -0.431. The number of aromatic amines is 1. The van der Waals surface area contributed by atoms with Crippen LogP contribution in [0.25, 0.3) is 10.9 Å². The first-order valence-electron chi connectivity index (χ1n) is 6.62. The summed E-state index contributed by atoms with van der Waals surface area (Å²) in [6.07, 6.45) is 2.81. The van der Waals surface area contributed by atoms with Gasteiger partial charge in [0.05, 0.1) is 0 Å². The summed E-state index contributed by atoms with van der Waals surface area (Å²) in [5.74, 6) is 1.53. The van der Waals surface area contributed by atoms with E-state index in [0.29, 0.717) is 11.1 Å². The second kappa shape index (κ2) is 5.68. The molecule has 0 spiro atoms. The fourth-order valence-corrected chi connectivity index (χ4v) is 2.71. The molecule has 6 heteroatoms. The SMILES string of the molecule is CCSc1nnc(C([NH3+])Cc2c[nH]c3ccccc23)o1. The van der Waals surface area contributed by atoms with Gasteiger partial charge in [-0.25, -0.2) is 0 Å². The lowest BCUT2D eigenvalue weighted by Gasteiger charge is -2.02. The largest absolute Gasteiger partial charge is 0.410 e. The summed E-state index contributed by atoms with van der Waals surface area (Å²) in [7, 11) is 0. The van der Waals surface area contributed by atoms with Gasteiger partial charge in [0.1, 0.15) is 0 Å². The number of nitrogens with zero attached hydrogens (tertiary/aromatic N) is 2. The monoisotopic (exact) mass is 289 g/mol. The first kappa shape index (κ1) is 13.2. The van der Waals surface area contributed by atoms with Crippen LogP contribution in [0.4, 0.5) is 0 Å². The zero-order valence-corrected chi connectivity index (χ0v) is 12.1. The van der Waals surface area contributed by atoms with Crippen molar-refractivity contribution in [1.29, 1.82) is 0 Å². The summed E-state index contributed by atoms with van der Waals surface area (Å²) in [5.41, 5.74) is 6.51. The van der Waals surface area contributed by atoms with Gasteiger partial charge in [0.25, 0.3) is 11.1 Å². The molecule has 0 radical (unpaired) electrons. The van der Waals surface area contributed by atoms with E-state index >= 15 is 0 Å². The normalized spacial score (nSPS) is 12.9. The Morgan fingerprint density at radius 3 is 3.05 bits per heavy atom. The topological polar surface area (TPSA) is 82.4 Å². The average molecular weight is 289 g/mol. The molecule has 1 aromatic carbocycles. The van der Waals surface area contributed by atoms with Gasteiger partial charge < -0.3 is 15.1 Å². The number of H-pyrrole nitrogens is 1. The molecule has 0 amide bonds. The van der Waals surface area contributed by atoms with Crippen LogP contribution < -0.4 is 5.73 Å². The summed E-state index contributed by atoms with van der Waals surface area (Å²) in [6.45, 7) is 2.06. The molecule has 0 fully saturated rings. The Kier molecular flexibility index (Phi) is 3.75. The Morgan fingerprint density at radius 2 is 2.20 bits per heavy atom. The van der Waals surface area contributed by atoms with Gasteiger partial charge in [0.2, 0.25) is 0 Å². The van der Waals surface area contributed by atoms with Gasteiger partial charge in [-0.2, -0.15) is 0 Å². The summed E-state index contributed by atoms with van der Waals surface area (Å²) in [5, 5.41) is 9.95. The summed E-state index contributed by atoms with van der Waals surface area (Å²) >= 11 is 1.55. The van der Waals surface area contributed by atoms with E-state index in [1.807, 2.05) is 18.3 Å². The third-order valence-electron chi connectivity index (χ3n) is 3.18. The van der Waals surface area contributed by atoms with Crippen LogP contribution in [-0.2, 0) is 6.42 Å². The van der Waals surface area contributed by atoms with E-state index in [1.165, 1.54) is 10.9 Å². The summed E-state index contributed by atoms with van der Waals surface area (Å²) in [4.78, 5) is 3.27. The zero-order chi connectivity index (χ0) is 13.9. The minimum absolute atomic E-state index is 0.0343. The molecular weight excluding hydrogens is 272 g/mol. The minimum Gasteiger partial charge on any atom is -0.410 e. The predicted molar refractivity (Wildman–Crippen MR) is 78.3 cm³/mol. The molecule has 0 aliphatic heterocycles. The molecule has 0 saturated heterocycles. The highest BCUT2D eigenvalue weighted by molar-refractivity contribution is 7.99. The zero-order valence-electron chi connectivity index (χ0n) is 11.3. The number of benzene rings is 1. The highest BCUT2D eigenvalue weighted by Crippen LogP contribution is 2.23. The third kappa shape index (κ3) is 2.57. The maximum absolute atomic E-state index is 5.61. The Labute approximate surface area is 121 Å². The lowest BCUT2D eigenvalue weighted by Crippen LogP contribution is -2.54. The van der Waals surface area contributed by atoms with Gasteiger partial charge in [-0.3, -0.25) is 0 Å². The number of thioether (sulfide) groups is 1. The Bertz CT molecular complexity index is 706. The van der Waals surface area contributed by atoms with Crippen molar-refractivity contribution < 1.29 is 10.2 Å². The number of rotatable bonds is 5. The maximum Gasteiger partial charge on any atom is 0.276 e. The molecule has 0 aliphatic rings. The standard InChI is InChI=1S/C14H16N4OS/c1-2-20-14-18-17-13(19-14)11(15)7-9-8-16-12-6-4-3-5-10(9)12/h3-6,8,11,16H,2,7,15H2,1H3/p+1. The molecular formula is C14H17N4OS+. The number of para-hydroxylation sites is 1. The molecule has 5 nitrogen and oxygen atoms in total. The Morgan fingerprint density at radius 1 is 1.35 bits per heavy atom. The van der Waals surface area contributed by atoms with E-state index in [0.717, 1.165) is 17.7 Å². The molecule has 3 rings (SSSR count). The number of nitrogens with one attached hydrogen (secondary N) is 1. The smallest absolute Gasteiger partial charge is 0.276 e. The molecule has 20 heavy (non-hydrogen) atoms. The van der Waals surface area contributed by atoms with Crippen LogP contribution in [0.15, 0.2) is 40.1 Å². The average Bonchev–Trinajstić information content (AvgIpc) is 3.07. The van der Waals surface area contributed by atoms with E-state index < -0.39 is 0 Å². The second-order valence-electron chi connectivity index (χ2n) is 4.60. The molecule has 2 heterocycles. The van der Waals surface area contributed by atoms with Gasteiger partial charge in [-0.15, -0.1) is 10.2 Å². The molecule has 4 N–H and O–H groups in total. The quantitative estimate of drug-likeness (QED) is 0.705. The molecule has 1 atom stereocenters. The van der Waals surface area contributed by atoms with Gasteiger partial charge in [-0.05, 0) is 17.4 Å². The van der Waals surface area contributed by atoms with E-state index in [-0.39, 0.29) is 6.04 Å². The van der Waals surface area contributed by atoms with Crippen molar-refractivity contribution in [3.63, 3.8) is 0 Å². The molecule has 2 aromatic heterocycles. The van der Waals surface area contributed by atoms with Gasteiger partial charge in [0, 0.05) is 23.5 Å². The highest BCUT2D eigenvalue weighted by atomic mass is 32.2. The van der Waals surface area contributed by atoms with Crippen LogP contribution in [-0.4, -0.2) is 20.9 Å². The Balaban J connectivity index is 1.79. The minimum atomic E-state index is -0.0343. The maximum atomic E-state index is 5.61. The van der Waals surface area contributed by atoms with Crippen LogP contribution in [0.3, 0.4) is 0 Å². The molecule has 0 aliphatic carbocycles. The number of fused-ring (bicyclic) bond motifs is 1. The van der Waals surface area contributed by atoms with Crippen LogP contribution >= 0.6 is 11.8 Å². The first-order valence-corrected chi connectivity index (χ1v) is 7.60. The van der Waals surface area contributed by atoms with Crippen LogP contribution in [0.5, 0.6) is 0 Å². The van der Waals surface area contributed by atoms with Crippen LogP contribution in [0.2, 0.25) is 0 Å². The van der Waals surface area contributed by atoms with Gasteiger partial charge in [0.15, 0.2) is 6.04 Å². The molecule has 0 saturated carbocycles.